The van der Waals surface area contributed by atoms with Crippen LogP contribution in [0.25, 0.3) is 0 Å². The third kappa shape index (κ3) is 5.34. The van der Waals surface area contributed by atoms with Crippen LogP contribution in [0.4, 0.5) is 0 Å². The third-order valence-electron chi connectivity index (χ3n) is 5.15. The summed E-state index contributed by atoms with van der Waals surface area (Å²) in [6.07, 6.45) is 12.8. The van der Waals surface area contributed by atoms with Crippen molar-refractivity contribution in [2.45, 2.75) is 57.8 Å². The van der Waals surface area contributed by atoms with Gasteiger partial charge in [0.2, 0.25) is 0 Å². The van der Waals surface area contributed by atoms with Gasteiger partial charge in [-0.2, -0.15) is 0 Å². The van der Waals surface area contributed by atoms with Crippen LogP contribution >= 0.6 is 0 Å². The highest BCUT2D eigenvalue weighted by Crippen LogP contribution is 2.36. The smallest absolute Gasteiger partial charge is 0.0587 e. The van der Waals surface area contributed by atoms with E-state index >= 15 is 0 Å². The fourth-order valence-electron chi connectivity index (χ4n) is 3.99. The summed E-state index contributed by atoms with van der Waals surface area (Å²) in [5.74, 6) is 0. The number of hydrogen-bond donors (Lipinski definition) is 1. The van der Waals surface area contributed by atoms with Crippen LogP contribution in [0.5, 0.6) is 0 Å². The number of piperidine rings is 1. The normalized spacial score (nSPS) is 24.4. The van der Waals surface area contributed by atoms with Crippen LogP contribution in [0, 0.1) is 5.41 Å². The Morgan fingerprint density at radius 2 is 1.60 bits per heavy atom. The maximum atomic E-state index is 5.17. The Morgan fingerprint density at radius 1 is 0.950 bits per heavy atom. The topological polar surface area (TPSA) is 24.5 Å². The van der Waals surface area contributed by atoms with Crippen molar-refractivity contribution in [3.8, 4) is 0 Å². The highest BCUT2D eigenvalue weighted by molar-refractivity contribution is 4.87. The molecule has 3 heteroatoms. The quantitative estimate of drug-likeness (QED) is 0.574. The molecule has 118 valence electrons. The van der Waals surface area contributed by atoms with Gasteiger partial charge >= 0.3 is 0 Å². The van der Waals surface area contributed by atoms with E-state index in [-0.39, 0.29) is 0 Å². The molecule has 3 nitrogen and oxygen atoms in total. The van der Waals surface area contributed by atoms with Crippen LogP contribution in [0.1, 0.15) is 57.8 Å². The van der Waals surface area contributed by atoms with E-state index in [1.165, 1.54) is 84.0 Å². The van der Waals surface area contributed by atoms with Crippen LogP contribution in [0.2, 0.25) is 0 Å². The lowest BCUT2D eigenvalue weighted by atomic mass is 9.79. The van der Waals surface area contributed by atoms with Crippen molar-refractivity contribution in [2.24, 2.45) is 5.41 Å². The second-order valence-electron chi connectivity index (χ2n) is 6.92. The lowest BCUT2D eigenvalue weighted by Crippen LogP contribution is -2.46. The highest BCUT2D eigenvalue weighted by Gasteiger charge is 2.32. The Morgan fingerprint density at radius 3 is 2.25 bits per heavy atom. The molecule has 1 N–H and O–H groups in total. The largest absolute Gasteiger partial charge is 0.383 e. The van der Waals surface area contributed by atoms with E-state index in [0.717, 1.165) is 13.2 Å². The number of nitrogens with one attached hydrogen (secondary N) is 1. The minimum atomic E-state index is 0.529. The first kappa shape index (κ1) is 16.3. The maximum absolute atomic E-state index is 5.17. The summed E-state index contributed by atoms with van der Waals surface area (Å²) in [6.45, 7) is 7.01. The molecule has 2 rings (SSSR count). The van der Waals surface area contributed by atoms with Crippen molar-refractivity contribution in [1.29, 1.82) is 0 Å². The lowest BCUT2D eigenvalue weighted by molar-refractivity contribution is 0.107. The molecule has 2 aliphatic rings. The molecule has 0 aromatic heterocycles. The van der Waals surface area contributed by atoms with Gasteiger partial charge in [-0.15, -0.1) is 0 Å². The molecule has 1 heterocycles. The van der Waals surface area contributed by atoms with Crippen LogP contribution in [0.3, 0.4) is 0 Å². The molecular weight excluding hydrogens is 248 g/mol. The van der Waals surface area contributed by atoms with Crippen molar-refractivity contribution >= 4 is 0 Å². The van der Waals surface area contributed by atoms with Crippen molar-refractivity contribution in [2.75, 3.05) is 46.4 Å². The number of rotatable bonds is 7. The highest BCUT2D eigenvalue weighted by atomic mass is 16.5. The van der Waals surface area contributed by atoms with Gasteiger partial charge < -0.3 is 15.0 Å². The Bertz CT molecular complexity index is 243. The van der Waals surface area contributed by atoms with Gasteiger partial charge in [-0.1, -0.05) is 32.1 Å². The molecule has 0 aromatic carbocycles. The fourth-order valence-corrected chi connectivity index (χ4v) is 3.99. The minimum Gasteiger partial charge on any atom is -0.383 e. The van der Waals surface area contributed by atoms with Crippen LogP contribution in [-0.2, 0) is 4.74 Å². The predicted octanol–water partition coefficient (Wildman–Crippen LogP) is 3.05. The number of likely N-dealkylation sites (tertiary alicyclic amines) is 1. The molecule has 0 aromatic rings. The molecule has 0 bridgehead atoms. The first-order valence-corrected chi connectivity index (χ1v) is 8.77. The summed E-state index contributed by atoms with van der Waals surface area (Å²) in [7, 11) is 1.79. The predicted molar refractivity (Wildman–Crippen MR) is 85.2 cm³/mol. The number of ether oxygens (including phenoxy) is 1. The Kier molecular flexibility index (Phi) is 7.32. The van der Waals surface area contributed by atoms with Crippen molar-refractivity contribution in [1.82, 2.24) is 10.2 Å². The van der Waals surface area contributed by atoms with E-state index in [2.05, 4.69) is 10.2 Å². The summed E-state index contributed by atoms with van der Waals surface area (Å²) >= 11 is 0. The minimum absolute atomic E-state index is 0.529. The van der Waals surface area contributed by atoms with E-state index in [1.54, 1.807) is 7.11 Å². The zero-order valence-corrected chi connectivity index (χ0v) is 13.5. The van der Waals surface area contributed by atoms with Crippen LogP contribution in [-0.4, -0.2) is 51.3 Å². The lowest BCUT2D eigenvalue weighted by Gasteiger charge is -2.40. The zero-order chi connectivity index (χ0) is 14.1. The van der Waals surface area contributed by atoms with Crippen molar-refractivity contribution in [3.05, 3.63) is 0 Å². The van der Waals surface area contributed by atoms with Gasteiger partial charge in [0.15, 0.2) is 0 Å². The SMILES string of the molecule is COCCNCC1(CN2CCCCC2)CCCCCC1. The monoisotopic (exact) mass is 282 g/mol. The van der Waals surface area contributed by atoms with Crippen LogP contribution in [0.15, 0.2) is 0 Å². The van der Waals surface area contributed by atoms with E-state index in [9.17, 15) is 0 Å². The first-order valence-electron chi connectivity index (χ1n) is 8.77. The number of methoxy groups -OCH3 is 1. The summed E-state index contributed by atoms with van der Waals surface area (Å²) in [5, 5.41) is 3.66. The second-order valence-corrected chi connectivity index (χ2v) is 6.92. The molecule has 2 fully saturated rings. The molecule has 20 heavy (non-hydrogen) atoms. The van der Waals surface area contributed by atoms with Gasteiger partial charge in [0.05, 0.1) is 6.61 Å². The molecule has 1 aliphatic heterocycles. The first-order chi connectivity index (χ1) is 9.85. The van der Waals surface area contributed by atoms with Crippen molar-refractivity contribution < 1.29 is 4.74 Å². The molecule has 0 radical (unpaired) electrons. The molecule has 1 aliphatic carbocycles. The van der Waals surface area contributed by atoms with Gasteiger partial charge in [0, 0.05) is 26.7 Å². The van der Waals surface area contributed by atoms with Gasteiger partial charge in [0.25, 0.3) is 0 Å². The molecule has 0 unspecified atom stereocenters. The second kappa shape index (κ2) is 9.01. The van der Waals surface area contributed by atoms with Gasteiger partial charge in [-0.25, -0.2) is 0 Å². The summed E-state index contributed by atoms with van der Waals surface area (Å²) < 4.78 is 5.17. The Balaban J connectivity index is 1.87. The molecule has 0 atom stereocenters. The summed E-state index contributed by atoms with van der Waals surface area (Å²) in [4.78, 5) is 2.74. The van der Waals surface area contributed by atoms with E-state index in [4.69, 9.17) is 4.74 Å². The third-order valence-corrected chi connectivity index (χ3v) is 5.15. The Labute approximate surface area is 125 Å². The fraction of sp³-hybridized carbons (Fsp3) is 1.00. The van der Waals surface area contributed by atoms with Crippen LogP contribution < -0.4 is 5.32 Å². The summed E-state index contributed by atoms with van der Waals surface area (Å²) in [6, 6.07) is 0. The van der Waals surface area contributed by atoms with Gasteiger partial charge in [0.1, 0.15) is 0 Å². The van der Waals surface area contributed by atoms with E-state index in [1.807, 2.05) is 0 Å². The average Bonchev–Trinajstić information content (AvgIpc) is 2.71. The average molecular weight is 282 g/mol. The molecule has 0 spiro atoms. The van der Waals surface area contributed by atoms with E-state index < -0.39 is 0 Å². The number of nitrogens with zero attached hydrogens (tertiary/aromatic N) is 1. The van der Waals surface area contributed by atoms with Gasteiger partial charge in [-0.3, -0.25) is 0 Å². The van der Waals surface area contributed by atoms with E-state index in [0.29, 0.717) is 5.41 Å². The molecular formula is C17H34N2O. The molecule has 1 saturated carbocycles. The maximum Gasteiger partial charge on any atom is 0.0587 e. The number of hydrogen-bond acceptors (Lipinski definition) is 3. The van der Waals surface area contributed by atoms with Crippen molar-refractivity contribution in [3.63, 3.8) is 0 Å². The molecule has 0 amide bonds. The Hall–Kier alpha value is -0.120. The molecule has 1 saturated heterocycles. The standard InChI is InChI=1S/C17H34N2O/c1-20-14-11-18-15-17(9-5-2-3-6-10-17)16-19-12-7-4-8-13-19/h18H,2-16H2,1H3. The summed E-state index contributed by atoms with van der Waals surface area (Å²) in [5.41, 5.74) is 0.529. The van der Waals surface area contributed by atoms with Gasteiger partial charge in [-0.05, 0) is 44.2 Å². The zero-order valence-electron chi connectivity index (χ0n) is 13.5.